The number of carbonyl (C=O) groups excluding carboxylic acids is 1. The third-order valence-electron chi connectivity index (χ3n) is 1.68. The van der Waals surface area contributed by atoms with Crippen molar-refractivity contribution in [3.63, 3.8) is 0 Å². The van der Waals surface area contributed by atoms with Crippen LogP contribution in [0.4, 0.5) is 4.79 Å². The first-order valence-corrected chi connectivity index (χ1v) is 3.84. The van der Waals surface area contributed by atoms with E-state index >= 15 is 0 Å². The topological polar surface area (TPSA) is 75.3 Å². The Morgan fingerprint density at radius 1 is 1.73 bits per heavy atom. The van der Waals surface area contributed by atoms with E-state index in [0.717, 1.165) is 12.8 Å². The number of primary amides is 1. The quantitative estimate of drug-likeness (QED) is 0.532. The molecule has 0 radical (unpaired) electrons. The first kappa shape index (κ1) is 10.2. The van der Waals surface area contributed by atoms with Crippen LogP contribution in [-0.4, -0.2) is 24.3 Å². The molecule has 4 nitrogen and oxygen atoms in total. The molecule has 66 valence electrons. The summed E-state index contributed by atoms with van der Waals surface area (Å²) < 4.78 is 0. The average molecular weight is 160 g/mol. The number of hydrogen-bond donors (Lipinski definition) is 3. The van der Waals surface area contributed by atoms with E-state index in [1.165, 1.54) is 0 Å². The summed E-state index contributed by atoms with van der Waals surface area (Å²) in [6.45, 7) is 2.74. The van der Waals surface area contributed by atoms with Crippen molar-refractivity contribution in [1.82, 2.24) is 5.32 Å². The van der Waals surface area contributed by atoms with E-state index in [9.17, 15) is 4.79 Å². The van der Waals surface area contributed by atoms with Gasteiger partial charge in [0.25, 0.3) is 0 Å². The van der Waals surface area contributed by atoms with Gasteiger partial charge in [-0.3, -0.25) is 0 Å². The van der Waals surface area contributed by atoms with E-state index in [1.807, 2.05) is 6.92 Å². The Bertz CT molecular complexity index is 117. The lowest BCUT2D eigenvalue weighted by molar-refractivity contribution is 0.236. The largest absolute Gasteiger partial charge is 0.396 e. The molecule has 2 amide bonds. The molecule has 0 rings (SSSR count). The van der Waals surface area contributed by atoms with Gasteiger partial charge >= 0.3 is 6.03 Å². The van der Waals surface area contributed by atoms with Crippen molar-refractivity contribution >= 4 is 6.03 Å². The molecule has 1 atom stereocenters. The van der Waals surface area contributed by atoms with Gasteiger partial charge < -0.3 is 16.2 Å². The zero-order valence-electron chi connectivity index (χ0n) is 6.84. The maximum atomic E-state index is 10.3. The fourth-order valence-electron chi connectivity index (χ4n) is 0.878. The minimum absolute atomic E-state index is 0.166. The number of hydrogen-bond acceptors (Lipinski definition) is 2. The van der Waals surface area contributed by atoms with Gasteiger partial charge in [0.2, 0.25) is 0 Å². The Balaban J connectivity index is 3.43. The van der Waals surface area contributed by atoms with Gasteiger partial charge in [-0.25, -0.2) is 4.79 Å². The monoisotopic (exact) mass is 160 g/mol. The number of nitrogens with one attached hydrogen (secondary N) is 1. The highest BCUT2D eigenvalue weighted by Crippen LogP contribution is 2.04. The lowest BCUT2D eigenvalue weighted by atomic mass is 10.0. The highest BCUT2D eigenvalue weighted by molar-refractivity contribution is 5.71. The summed E-state index contributed by atoms with van der Waals surface area (Å²) in [6.07, 6.45) is 1.66. The van der Waals surface area contributed by atoms with Gasteiger partial charge in [-0.15, -0.1) is 0 Å². The number of urea groups is 1. The molecule has 0 spiro atoms. The maximum absolute atomic E-state index is 10.3. The van der Waals surface area contributed by atoms with E-state index in [0.29, 0.717) is 12.5 Å². The SMILES string of the molecule is CCC(CCO)CNC(N)=O. The van der Waals surface area contributed by atoms with Gasteiger partial charge in [-0.2, -0.15) is 0 Å². The van der Waals surface area contributed by atoms with Crippen LogP contribution >= 0.6 is 0 Å². The van der Waals surface area contributed by atoms with Crippen LogP contribution in [0, 0.1) is 5.92 Å². The molecule has 0 fully saturated rings. The highest BCUT2D eigenvalue weighted by Gasteiger charge is 2.05. The highest BCUT2D eigenvalue weighted by atomic mass is 16.3. The fourth-order valence-corrected chi connectivity index (χ4v) is 0.878. The predicted molar refractivity (Wildman–Crippen MR) is 43.1 cm³/mol. The van der Waals surface area contributed by atoms with Crippen molar-refractivity contribution < 1.29 is 9.90 Å². The normalized spacial score (nSPS) is 12.5. The fraction of sp³-hybridized carbons (Fsp3) is 0.857. The van der Waals surface area contributed by atoms with Gasteiger partial charge in [-0.1, -0.05) is 13.3 Å². The molecule has 1 unspecified atom stereocenters. The maximum Gasteiger partial charge on any atom is 0.312 e. The molecular weight excluding hydrogens is 144 g/mol. The number of carbonyl (C=O) groups is 1. The molecule has 0 aliphatic heterocycles. The number of aliphatic hydroxyl groups is 1. The zero-order valence-corrected chi connectivity index (χ0v) is 6.84. The lowest BCUT2D eigenvalue weighted by Crippen LogP contribution is -2.33. The lowest BCUT2D eigenvalue weighted by Gasteiger charge is -2.12. The Labute approximate surface area is 66.8 Å². The van der Waals surface area contributed by atoms with Crippen LogP contribution in [0.3, 0.4) is 0 Å². The van der Waals surface area contributed by atoms with Crippen LogP contribution in [0.2, 0.25) is 0 Å². The molecule has 0 heterocycles. The van der Waals surface area contributed by atoms with Crippen LogP contribution in [0.25, 0.3) is 0 Å². The molecular formula is C7H16N2O2. The summed E-state index contributed by atoms with van der Waals surface area (Å²) >= 11 is 0. The third kappa shape index (κ3) is 5.66. The van der Waals surface area contributed by atoms with Crippen LogP contribution in [0.1, 0.15) is 19.8 Å². The second-order valence-electron chi connectivity index (χ2n) is 2.53. The van der Waals surface area contributed by atoms with Gasteiger partial charge in [-0.05, 0) is 12.3 Å². The summed E-state index contributed by atoms with van der Waals surface area (Å²) in [4.78, 5) is 10.3. The molecule has 0 aromatic heterocycles. The van der Waals surface area contributed by atoms with Gasteiger partial charge in [0.05, 0.1) is 0 Å². The number of amides is 2. The van der Waals surface area contributed by atoms with E-state index < -0.39 is 6.03 Å². The Hall–Kier alpha value is -0.770. The molecule has 0 saturated carbocycles. The van der Waals surface area contributed by atoms with Crippen LogP contribution in [0.15, 0.2) is 0 Å². The Morgan fingerprint density at radius 2 is 2.36 bits per heavy atom. The van der Waals surface area contributed by atoms with Crippen LogP contribution in [0.5, 0.6) is 0 Å². The van der Waals surface area contributed by atoms with Crippen molar-refractivity contribution in [1.29, 1.82) is 0 Å². The van der Waals surface area contributed by atoms with Crippen LogP contribution < -0.4 is 11.1 Å². The van der Waals surface area contributed by atoms with E-state index in [4.69, 9.17) is 10.8 Å². The van der Waals surface area contributed by atoms with Gasteiger partial charge in [0, 0.05) is 13.2 Å². The summed E-state index contributed by atoms with van der Waals surface area (Å²) in [5, 5.41) is 11.1. The standard InChI is InChI=1S/C7H16N2O2/c1-2-6(3-4-10)5-9-7(8)11/h6,10H,2-5H2,1H3,(H3,8,9,11). The van der Waals surface area contributed by atoms with Gasteiger partial charge in [0.15, 0.2) is 0 Å². The molecule has 0 aromatic carbocycles. The van der Waals surface area contributed by atoms with E-state index in [2.05, 4.69) is 5.32 Å². The van der Waals surface area contributed by atoms with Crippen molar-refractivity contribution in [2.75, 3.05) is 13.2 Å². The second-order valence-corrected chi connectivity index (χ2v) is 2.53. The van der Waals surface area contributed by atoms with Crippen LogP contribution in [-0.2, 0) is 0 Å². The van der Waals surface area contributed by atoms with Crippen molar-refractivity contribution in [2.45, 2.75) is 19.8 Å². The third-order valence-corrected chi connectivity index (χ3v) is 1.68. The van der Waals surface area contributed by atoms with Crippen molar-refractivity contribution in [3.05, 3.63) is 0 Å². The average Bonchev–Trinajstić information content (AvgIpc) is 1.97. The molecule has 11 heavy (non-hydrogen) atoms. The summed E-state index contributed by atoms with van der Waals surface area (Å²) in [6, 6.07) is -0.499. The second kappa shape index (κ2) is 5.97. The summed E-state index contributed by atoms with van der Waals surface area (Å²) in [5.74, 6) is 0.340. The zero-order chi connectivity index (χ0) is 8.69. The molecule has 0 aromatic rings. The smallest absolute Gasteiger partial charge is 0.312 e. The molecule has 4 heteroatoms. The number of nitrogens with two attached hydrogens (primary N) is 1. The first-order valence-electron chi connectivity index (χ1n) is 3.84. The molecule has 0 bridgehead atoms. The minimum atomic E-state index is -0.499. The molecule has 0 aliphatic carbocycles. The minimum Gasteiger partial charge on any atom is -0.396 e. The van der Waals surface area contributed by atoms with E-state index in [-0.39, 0.29) is 6.61 Å². The Kier molecular flexibility index (Phi) is 5.56. The molecule has 0 aliphatic rings. The van der Waals surface area contributed by atoms with Gasteiger partial charge in [0.1, 0.15) is 0 Å². The Morgan fingerprint density at radius 3 is 2.73 bits per heavy atom. The summed E-state index contributed by atoms with van der Waals surface area (Å²) in [5.41, 5.74) is 4.88. The first-order chi connectivity index (χ1) is 5.20. The van der Waals surface area contributed by atoms with Crippen molar-refractivity contribution in [3.8, 4) is 0 Å². The van der Waals surface area contributed by atoms with Crippen molar-refractivity contribution in [2.24, 2.45) is 11.7 Å². The number of rotatable bonds is 5. The predicted octanol–water partition coefficient (Wildman–Crippen LogP) is 0.0633. The van der Waals surface area contributed by atoms with E-state index in [1.54, 1.807) is 0 Å². The molecule has 4 N–H and O–H groups in total. The summed E-state index contributed by atoms with van der Waals surface area (Å²) in [7, 11) is 0. The molecule has 0 saturated heterocycles. The number of aliphatic hydroxyl groups excluding tert-OH is 1.